The van der Waals surface area contributed by atoms with E-state index in [2.05, 4.69) is 6.07 Å². The largest absolute Gasteiger partial charge is 0.478 e. The van der Waals surface area contributed by atoms with Crippen LogP contribution in [0.3, 0.4) is 0 Å². The molecule has 0 radical (unpaired) electrons. The predicted molar refractivity (Wildman–Crippen MR) is 83.2 cm³/mol. The average molecular weight is 297 g/mol. The Kier molecular flexibility index (Phi) is 2.98. The van der Waals surface area contributed by atoms with E-state index in [0.29, 0.717) is 11.5 Å². The fourth-order valence-electron chi connectivity index (χ4n) is 3.82. The topological polar surface area (TPSA) is 59.4 Å². The van der Waals surface area contributed by atoms with Gasteiger partial charge in [-0.1, -0.05) is 0 Å². The number of nitrogens with zero attached hydrogens (tertiary/aromatic N) is 1. The van der Waals surface area contributed by atoms with Crippen molar-refractivity contribution in [3.63, 3.8) is 0 Å². The van der Waals surface area contributed by atoms with Crippen LogP contribution in [0.5, 0.6) is 0 Å². The summed E-state index contributed by atoms with van der Waals surface area (Å²) in [4.78, 5) is 15.9. The summed E-state index contributed by atoms with van der Waals surface area (Å²) in [6.45, 7) is 0. The molecule has 1 N–H and O–H groups in total. The van der Waals surface area contributed by atoms with Crippen molar-refractivity contribution >= 4 is 16.9 Å². The van der Waals surface area contributed by atoms with Gasteiger partial charge in [-0.2, -0.15) is 0 Å². The van der Waals surface area contributed by atoms with Gasteiger partial charge in [0.2, 0.25) is 0 Å². The van der Waals surface area contributed by atoms with E-state index < -0.39 is 5.97 Å². The van der Waals surface area contributed by atoms with Gasteiger partial charge >= 0.3 is 5.97 Å². The lowest BCUT2D eigenvalue weighted by molar-refractivity contribution is 0.0226. The second-order valence-corrected chi connectivity index (χ2v) is 6.52. The van der Waals surface area contributed by atoms with Gasteiger partial charge in [-0.05, 0) is 67.9 Å². The van der Waals surface area contributed by atoms with Gasteiger partial charge in [0.05, 0.1) is 16.7 Å². The molecule has 0 aliphatic heterocycles. The minimum absolute atomic E-state index is 0.0928. The van der Waals surface area contributed by atoms with Crippen LogP contribution in [0.4, 0.5) is 0 Å². The van der Waals surface area contributed by atoms with Gasteiger partial charge in [-0.25, -0.2) is 4.79 Å². The van der Waals surface area contributed by atoms with Gasteiger partial charge < -0.3 is 9.84 Å². The number of carboxylic acid groups (broad SMARTS) is 1. The van der Waals surface area contributed by atoms with Gasteiger partial charge in [-0.15, -0.1) is 0 Å². The van der Waals surface area contributed by atoms with Crippen molar-refractivity contribution in [3.8, 4) is 0 Å². The Morgan fingerprint density at radius 3 is 2.86 bits per heavy atom. The molecular formula is C18H19NO3. The van der Waals surface area contributed by atoms with E-state index in [9.17, 15) is 4.79 Å². The molecule has 1 aromatic heterocycles. The van der Waals surface area contributed by atoms with E-state index in [1.165, 1.54) is 11.3 Å². The molecule has 2 aliphatic rings. The first-order valence-electron chi connectivity index (χ1n) is 7.82. The van der Waals surface area contributed by atoms with Crippen LogP contribution in [0.1, 0.15) is 40.9 Å². The molecule has 1 atom stereocenters. The number of hydrogen-bond acceptors (Lipinski definition) is 3. The standard InChI is InChI=1S/C18H19NO3/c1-22-18(6-7-18)14-3-5-16-13(10-14)9-12-8-11(17(20)21)2-4-15(12)19-16/h2,4,8-9,14H,3,5-7,10H2,1H3,(H,20,21). The first kappa shape index (κ1) is 13.7. The summed E-state index contributed by atoms with van der Waals surface area (Å²) in [6, 6.07) is 7.28. The molecule has 1 aromatic carbocycles. The molecule has 4 nitrogen and oxygen atoms in total. The number of hydrogen-bond donors (Lipinski definition) is 1. The number of rotatable bonds is 3. The summed E-state index contributed by atoms with van der Waals surface area (Å²) < 4.78 is 5.74. The van der Waals surface area contributed by atoms with Crippen LogP contribution in [-0.4, -0.2) is 28.8 Å². The zero-order chi connectivity index (χ0) is 15.3. The van der Waals surface area contributed by atoms with E-state index in [1.54, 1.807) is 12.1 Å². The van der Waals surface area contributed by atoms with Gasteiger partial charge in [-0.3, -0.25) is 4.98 Å². The van der Waals surface area contributed by atoms with Crippen molar-refractivity contribution in [2.45, 2.75) is 37.7 Å². The van der Waals surface area contributed by atoms with Crippen molar-refractivity contribution in [2.75, 3.05) is 7.11 Å². The summed E-state index contributed by atoms with van der Waals surface area (Å²) >= 11 is 0. The Bertz CT molecular complexity index is 764. The molecule has 114 valence electrons. The Morgan fingerprint density at radius 1 is 1.36 bits per heavy atom. The first-order valence-corrected chi connectivity index (χ1v) is 7.82. The van der Waals surface area contributed by atoms with Crippen molar-refractivity contribution in [1.29, 1.82) is 0 Å². The van der Waals surface area contributed by atoms with Gasteiger partial charge in [0.25, 0.3) is 0 Å². The summed E-state index contributed by atoms with van der Waals surface area (Å²) in [7, 11) is 1.82. The predicted octanol–water partition coefficient (Wildman–Crippen LogP) is 3.22. The number of benzene rings is 1. The summed E-state index contributed by atoms with van der Waals surface area (Å²) in [5.41, 5.74) is 3.72. The smallest absolute Gasteiger partial charge is 0.335 e. The SMILES string of the molecule is COC1(C2CCc3nc4ccc(C(=O)O)cc4cc3C2)CC1. The molecule has 1 unspecified atom stereocenters. The number of aryl methyl sites for hydroxylation is 1. The van der Waals surface area contributed by atoms with Gasteiger partial charge in [0.15, 0.2) is 0 Å². The maximum atomic E-state index is 11.1. The van der Waals surface area contributed by atoms with Gasteiger partial charge in [0, 0.05) is 18.2 Å². The number of methoxy groups -OCH3 is 1. The second-order valence-electron chi connectivity index (χ2n) is 6.52. The molecule has 2 aliphatic carbocycles. The van der Waals surface area contributed by atoms with E-state index in [1.807, 2.05) is 13.2 Å². The molecule has 0 amide bonds. The van der Waals surface area contributed by atoms with Crippen LogP contribution in [-0.2, 0) is 17.6 Å². The summed E-state index contributed by atoms with van der Waals surface area (Å²) in [6.07, 6.45) is 5.43. The van der Waals surface area contributed by atoms with Crippen molar-refractivity contribution in [1.82, 2.24) is 4.98 Å². The lowest BCUT2D eigenvalue weighted by Crippen LogP contribution is -2.30. The highest BCUT2D eigenvalue weighted by Crippen LogP contribution is 2.50. The number of ether oxygens (including phenoxy) is 1. The third-order valence-electron chi connectivity index (χ3n) is 5.32. The van der Waals surface area contributed by atoms with Crippen LogP contribution in [0.25, 0.3) is 10.9 Å². The monoisotopic (exact) mass is 297 g/mol. The lowest BCUT2D eigenvalue weighted by atomic mass is 9.81. The zero-order valence-electron chi connectivity index (χ0n) is 12.6. The molecule has 1 heterocycles. The lowest BCUT2D eigenvalue weighted by Gasteiger charge is -2.30. The molecule has 22 heavy (non-hydrogen) atoms. The molecule has 0 spiro atoms. The average Bonchev–Trinajstić information content (AvgIpc) is 3.33. The van der Waals surface area contributed by atoms with Crippen LogP contribution in [0.2, 0.25) is 0 Å². The van der Waals surface area contributed by atoms with E-state index in [4.69, 9.17) is 14.8 Å². The number of carbonyl (C=O) groups is 1. The minimum Gasteiger partial charge on any atom is -0.478 e. The summed E-state index contributed by atoms with van der Waals surface area (Å²) in [5.74, 6) is -0.333. The number of aromatic nitrogens is 1. The second kappa shape index (κ2) is 4.78. The van der Waals surface area contributed by atoms with Crippen LogP contribution in [0.15, 0.2) is 24.3 Å². The first-order chi connectivity index (χ1) is 10.6. The Morgan fingerprint density at radius 2 is 2.18 bits per heavy atom. The van der Waals surface area contributed by atoms with Crippen LogP contribution < -0.4 is 0 Å². The fraction of sp³-hybridized carbons (Fsp3) is 0.444. The van der Waals surface area contributed by atoms with Crippen molar-refractivity contribution in [2.24, 2.45) is 5.92 Å². The summed E-state index contributed by atoms with van der Waals surface area (Å²) in [5, 5.41) is 10.1. The number of aromatic carboxylic acids is 1. The number of fused-ring (bicyclic) bond motifs is 2. The Labute approximate surface area is 129 Å². The molecule has 2 aromatic rings. The molecule has 1 fully saturated rings. The minimum atomic E-state index is -0.895. The van der Waals surface area contributed by atoms with E-state index in [-0.39, 0.29) is 5.60 Å². The highest BCUT2D eigenvalue weighted by Gasteiger charge is 2.50. The van der Waals surface area contributed by atoms with E-state index in [0.717, 1.165) is 43.0 Å². The third-order valence-corrected chi connectivity index (χ3v) is 5.32. The molecule has 1 saturated carbocycles. The van der Waals surface area contributed by atoms with Gasteiger partial charge in [0.1, 0.15) is 0 Å². The molecule has 4 rings (SSSR count). The highest BCUT2D eigenvalue weighted by molar-refractivity contribution is 5.93. The van der Waals surface area contributed by atoms with Crippen molar-refractivity contribution in [3.05, 3.63) is 41.1 Å². The molecular weight excluding hydrogens is 278 g/mol. The Balaban J connectivity index is 1.73. The molecule has 0 saturated heterocycles. The fourth-order valence-corrected chi connectivity index (χ4v) is 3.82. The molecule has 0 bridgehead atoms. The number of carboxylic acids is 1. The van der Waals surface area contributed by atoms with Crippen LogP contribution >= 0.6 is 0 Å². The quantitative estimate of drug-likeness (QED) is 0.945. The number of pyridine rings is 1. The highest BCUT2D eigenvalue weighted by atomic mass is 16.5. The Hall–Kier alpha value is -1.94. The maximum Gasteiger partial charge on any atom is 0.335 e. The maximum absolute atomic E-state index is 11.1. The molecule has 4 heteroatoms. The zero-order valence-corrected chi connectivity index (χ0v) is 12.6. The normalized spacial score (nSPS) is 22.3. The van der Waals surface area contributed by atoms with Crippen LogP contribution in [0, 0.1) is 5.92 Å². The van der Waals surface area contributed by atoms with Crippen molar-refractivity contribution < 1.29 is 14.6 Å². The third kappa shape index (κ3) is 2.10. The van der Waals surface area contributed by atoms with E-state index >= 15 is 0 Å².